The van der Waals surface area contributed by atoms with Crippen molar-refractivity contribution in [2.45, 2.75) is 44.4 Å². The van der Waals surface area contributed by atoms with E-state index in [2.05, 4.69) is 10.6 Å². The Hall–Kier alpha value is -1.56. The predicted molar refractivity (Wildman–Crippen MR) is 73.6 cm³/mol. The van der Waals surface area contributed by atoms with Crippen LogP contribution >= 0.6 is 0 Å². The molecule has 1 saturated carbocycles. The molecule has 0 saturated heterocycles. The molecule has 1 aliphatic carbocycles. The van der Waals surface area contributed by atoms with Crippen LogP contribution in [0.25, 0.3) is 0 Å². The van der Waals surface area contributed by atoms with Gasteiger partial charge in [0.1, 0.15) is 0 Å². The number of amides is 1. The van der Waals surface area contributed by atoms with Crippen molar-refractivity contribution in [3.63, 3.8) is 0 Å². The first-order chi connectivity index (χ1) is 9.86. The summed E-state index contributed by atoms with van der Waals surface area (Å²) < 4.78 is 37.4. The summed E-state index contributed by atoms with van der Waals surface area (Å²) >= 11 is 0. The van der Waals surface area contributed by atoms with Crippen molar-refractivity contribution in [2.75, 3.05) is 6.54 Å². The molecule has 1 amide bonds. The van der Waals surface area contributed by atoms with Crippen LogP contribution in [-0.2, 0) is 11.0 Å². The fraction of sp³-hybridized carbons (Fsp3) is 0.533. The van der Waals surface area contributed by atoms with Crippen molar-refractivity contribution in [3.8, 4) is 0 Å². The van der Waals surface area contributed by atoms with E-state index >= 15 is 0 Å². The zero-order chi connectivity index (χ0) is 15.5. The van der Waals surface area contributed by atoms with Crippen LogP contribution in [0.1, 0.15) is 43.4 Å². The minimum Gasteiger partial charge on any atom is -0.350 e. The highest BCUT2D eigenvalue weighted by molar-refractivity contribution is 5.76. The summed E-state index contributed by atoms with van der Waals surface area (Å²) in [6, 6.07) is 5.12. The molecule has 2 N–H and O–H groups in total. The Balaban J connectivity index is 1.81. The first kappa shape index (κ1) is 15.8. The van der Waals surface area contributed by atoms with E-state index in [-0.39, 0.29) is 11.9 Å². The van der Waals surface area contributed by atoms with Crippen molar-refractivity contribution in [1.82, 2.24) is 10.6 Å². The number of nitrogens with one attached hydrogen (secondary N) is 2. The van der Waals surface area contributed by atoms with Gasteiger partial charge in [0.25, 0.3) is 0 Å². The molecule has 21 heavy (non-hydrogen) atoms. The first-order valence-electron chi connectivity index (χ1n) is 7.06. The Morgan fingerprint density at radius 3 is 2.43 bits per heavy atom. The van der Waals surface area contributed by atoms with Crippen LogP contribution in [0.3, 0.4) is 0 Å². The topological polar surface area (TPSA) is 41.1 Å². The lowest BCUT2D eigenvalue weighted by molar-refractivity contribution is -0.137. The van der Waals surface area contributed by atoms with Gasteiger partial charge in [-0.1, -0.05) is 12.1 Å². The number of hydrogen-bond donors (Lipinski definition) is 2. The summed E-state index contributed by atoms with van der Waals surface area (Å²) in [5.41, 5.74) is -0.0232. The molecule has 0 spiro atoms. The van der Waals surface area contributed by atoms with Crippen molar-refractivity contribution < 1.29 is 18.0 Å². The summed E-state index contributed by atoms with van der Waals surface area (Å²) in [5, 5.41) is 6.03. The van der Waals surface area contributed by atoms with Gasteiger partial charge in [0.15, 0.2) is 0 Å². The molecule has 0 radical (unpaired) electrons. The van der Waals surface area contributed by atoms with Crippen LogP contribution in [0.4, 0.5) is 13.2 Å². The molecule has 1 unspecified atom stereocenters. The second kappa shape index (κ2) is 6.47. The highest BCUT2D eigenvalue weighted by atomic mass is 19.4. The lowest BCUT2D eigenvalue weighted by atomic mass is 10.1. The van der Waals surface area contributed by atoms with Gasteiger partial charge >= 0.3 is 6.18 Å². The quantitative estimate of drug-likeness (QED) is 0.848. The molecule has 6 heteroatoms. The minimum atomic E-state index is -4.33. The molecular formula is C15H19F3N2O. The average Bonchev–Trinajstić information content (AvgIpc) is 3.22. The second-order valence-electron chi connectivity index (χ2n) is 5.39. The van der Waals surface area contributed by atoms with Gasteiger partial charge in [-0.25, -0.2) is 0 Å². The molecule has 116 valence electrons. The zero-order valence-corrected chi connectivity index (χ0v) is 11.8. The fourth-order valence-electron chi connectivity index (χ4n) is 2.04. The van der Waals surface area contributed by atoms with Crippen molar-refractivity contribution in [1.29, 1.82) is 0 Å². The standard InChI is InChI=1S/C15H19F3N2O/c1-10(20-14(21)8-9-19-13-6-7-13)11-2-4-12(5-3-11)15(16,17)18/h2-5,10,13,19H,6-9H2,1H3,(H,20,21). The molecule has 0 aliphatic heterocycles. The Kier molecular flexibility index (Phi) is 4.88. The third-order valence-corrected chi connectivity index (χ3v) is 3.48. The fourth-order valence-corrected chi connectivity index (χ4v) is 2.04. The molecule has 0 heterocycles. The molecule has 1 atom stereocenters. The zero-order valence-electron chi connectivity index (χ0n) is 11.8. The van der Waals surface area contributed by atoms with Gasteiger partial charge in [-0.05, 0) is 37.5 Å². The molecule has 1 fully saturated rings. The molecule has 1 aromatic carbocycles. The predicted octanol–water partition coefficient (Wildman–Crippen LogP) is 3.02. The van der Waals surface area contributed by atoms with E-state index in [4.69, 9.17) is 0 Å². The van der Waals surface area contributed by atoms with E-state index < -0.39 is 11.7 Å². The van der Waals surface area contributed by atoms with Crippen LogP contribution in [0.2, 0.25) is 0 Å². The van der Waals surface area contributed by atoms with E-state index in [0.29, 0.717) is 24.6 Å². The van der Waals surface area contributed by atoms with E-state index in [1.807, 2.05) is 0 Å². The van der Waals surface area contributed by atoms with E-state index in [0.717, 1.165) is 12.1 Å². The molecule has 3 nitrogen and oxygen atoms in total. The van der Waals surface area contributed by atoms with E-state index in [1.54, 1.807) is 6.92 Å². The molecule has 1 aromatic rings. The van der Waals surface area contributed by atoms with E-state index in [1.165, 1.54) is 25.0 Å². The van der Waals surface area contributed by atoms with Crippen LogP contribution < -0.4 is 10.6 Å². The lowest BCUT2D eigenvalue weighted by Crippen LogP contribution is -2.30. The summed E-state index contributed by atoms with van der Waals surface area (Å²) in [5.74, 6) is -0.101. The summed E-state index contributed by atoms with van der Waals surface area (Å²) in [6.45, 7) is 2.39. The number of hydrogen-bond acceptors (Lipinski definition) is 2. The number of benzene rings is 1. The van der Waals surface area contributed by atoms with Crippen molar-refractivity contribution in [2.24, 2.45) is 0 Å². The molecular weight excluding hydrogens is 281 g/mol. The van der Waals surface area contributed by atoms with Gasteiger partial charge < -0.3 is 10.6 Å². The maximum absolute atomic E-state index is 12.5. The Morgan fingerprint density at radius 1 is 1.29 bits per heavy atom. The number of rotatable bonds is 6. The van der Waals surface area contributed by atoms with Gasteiger partial charge in [-0.2, -0.15) is 13.2 Å². The van der Waals surface area contributed by atoms with Crippen LogP contribution in [-0.4, -0.2) is 18.5 Å². The number of carbonyl (C=O) groups is 1. The lowest BCUT2D eigenvalue weighted by Gasteiger charge is -2.15. The number of alkyl halides is 3. The maximum Gasteiger partial charge on any atom is 0.416 e. The SMILES string of the molecule is CC(NC(=O)CCNC1CC1)c1ccc(C(F)(F)F)cc1. The van der Waals surface area contributed by atoms with E-state index in [9.17, 15) is 18.0 Å². The van der Waals surface area contributed by atoms with Gasteiger partial charge in [-0.3, -0.25) is 4.79 Å². The average molecular weight is 300 g/mol. The van der Waals surface area contributed by atoms with Crippen molar-refractivity contribution in [3.05, 3.63) is 35.4 Å². The molecule has 2 rings (SSSR count). The summed E-state index contributed by atoms with van der Waals surface area (Å²) in [7, 11) is 0. The van der Waals surface area contributed by atoms with Gasteiger partial charge in [0.05, 0.1) is 11.6 Å². The normalized spacial score (nSPS) is 16.6. The third kappa shape index (κ3) is 5.04. The largest absolute Gasteiger partial charge is 0.416 e. The second-order valence-corrected chi connectivity index (χ2v) is 5.39. The van der Waals surface area contributed by atoms with Gasteiger partial charge in [0.2, 0.25) is 5.91 Å². The molecule has 0 bridgehead atoms. The van der Waals surface area contributed by atoms with Gasteiger partial charge in [0, 0.05) is 19.0 Å². The third-order valence-electron chi connectivity index (χ3n) is 3.48. The smallest absolute Gasteiger partial charge is 0.350 e. The minimum absolute atomic E-state index is 0.101. The highest BCUT2D eigenvalue weighted by Gasteiger charge is 2.30. The van der Waals surface area contributed by atoms with Crippen molar-refractivity contribution >= 4 is 5.91 Å². The van der Waals surface area contributed by atoms with Crippen LogP contribution in [0.5, 0.6) is 0 Å². The van der Waals surface area contributed by atoms with Gasteiger partial charge in [-0.15, -0.1) is 0 Å². The monoisotopic (exact) mass is 300 g/mol. The maximum atomic E-state index is 12.5. The Morgan fingerprint density at radius 2 is 1.90 bits per heavy atom. The molecule has 0 aromatic heterocycles. The number of carbonyl (C=O) groups excluding carboxylic acids is 1. The highest BCUT2D eigenvalue weighted by Crippen LogP contribution is 2.29. The Labute approximate surface area is 121 Å². The number of halogens is 3. The van der Waals surface area contributed by atoms with Crippen LogP contribution in [0.15, 0.2) is 24.3 Å². The summed E-state index contributed by atoms with van der Waals surface area (Å²) in [4.78, 5) is 11.7. The Bertz CT molecular complexity index is 481. The first-order valence-corrected chi connectivity index (χ1v) is 7.06. The molecule has 1 aliphatic rings. The summed E-state index contributed by atoms with van der Waals surface area (Å²) in [6.07, 6.45) is -1.62. The van der Waals surface area contributed by atoms with Crippen LogP contribution in [0, 0.1) is 0 Å².